The van der Waals surface area contributed by atoms with E-state index in [1.165, 1.54) is 0 Å². The van der Waals surface area contributed by atoms with Crippen LogP contribution >= 0.6 is 0 Å². The van der Waals surface area contributed by atoms with Gasteiger partial charge in [0.2, 0.25) is 0 Å². The second kappa shape index (κ2) is 13.8. The van der Waals surface area contributed by atoms with E-state index in [0.29, 0.717) is 12.8 Å². The number of hydrogen-bond donors (Lipinski definition) is 11. The number of aliphatic hydroxyl groups excluding tert-OH is 5. The standard InChI is InChI=1S/C25H50N6O11/c1-25(2,31)13-4-3-8(27)22(39-13)40-19-10(29)5-9(28)15(33)21(19)42-24-18(36)20(12(7-32)38-24)41-23-14(30)17(35)16(34)11(6-26)37-23/h8-24,32-36H,3-7,26-31H2,1-2H3/t8-,9-,10+,11+,12-,13+,14-,15+,16-,17-,18-,19-,20-,21-,22-,23?,24+/m1/s1. The van der Waals surface area contributed by atoms with Crippen molar-refractivity contribution in [2.24, 2.45) is 34.4 Å². The number of nitrogens with two attached hydrogens (primary N) is 6. The van der Waals surface area contributed by atoms with Crippen molar-refractivity contribution in [3.8, 4) is 0 Å². The van der Waals surface area contributed by atoms with Gasteiger partial charge in [-0.3, -0.25) is 0 Å². The van der Waals surface area contributed by atoms with Crippen LogP contribution in [-0.2, 0) is 28.4 Å². The molecule has 17 heteroatoms. The van der Waals surface area contributed by atoms with Crippen molar-refractivity contribution in [3.05, 3.63) is 0 Å². The molecule has 4 aliphatic rings. The Morgan fingerprint density at radius 3 is 1.93 bits per heavy atom. The van der Waals surface area contributed by atoms with E-state index < -0.39 is 110 Å². The lowest BCUT2D eigenvalue weighted by Crippen LogP contribution is -2.66. The molecular weight excluding hydrogens is 560 g/mol. The van der Waals surface area contributed by atoms with Crippen molar-refractivity contribution in [3.63, 3.8) is 0 Å². The van der Waals surface area contributed by atoms with Crippen LogP contribution in [0.15, 0.2) is 0 Å². The minimum atomic E-state index is -1.53. The molecule has 42 heavy (non-hydrogen) atoms. The van der Waals surface area contributed by atoms with Gasteiger partial charge in [-0.15, -0.1) is 0 Å². The summed E-state index contributed by atoms with van der Waals surface area (Å²) in [6.45, 7) is 2.95. The maximum atomic E-state index is 11.2. The maximum Gasteiger partial charge on any atom is 0.187 e. The largest absolute Gasteiger partial charge is 0.394 e. The van der Waals surface area contributed by atoms with E-state index >= 15 is 0 Å². The van der Waals surface area contributed by atoms with Gasteiger partial charge in [-0.1, -0.05) is 0 Å². The number of ether oxygens (including phenoxy) is 6. The van der Waals surface area contributed by atoms with Crippen molar-refractivity contribution >= 4 is 0 Å². The third kappa shape index (κ3) is 7.08. The highest BCUT2D eigenvalue weighted by Gasteiger charge is 2.53. The molecule has 3 saturated heterocycles. The topological polar surface area (TPSA) is 313 Å². The van der Waals surface area contributed by atoms with Gasteiger partial charge in [0, 0.05) is 24.2 Å². The summed E-state index contributed by atoms with van der Waals surface area (Å²) < 4.78 is 35.6. The number of hydrogen-bond acceptors (Lipinski definition) is 17. The molecular formula is C25H50N6O11. The molecule has 0 aromatic carbocycles. The van der Waals surface area contributed by atoms with Gasteiger partial charge in [-0.05, 0) is 33.1 Å². The highest BCUT2D eigenvalue weighted by atomic mass is 16.8. The third-order valence-electron chi connectivity index (χ3n) is 8.63. The Hall–Kier alpha value is -0.680. The van der Waals surface area contributed by atoms with E-state index in [-0.39, 0.29) is 19.1 Å². The second-order valence-corrected chi connectivity index (χ2v) is 12.5. The van der Waals surface area contributed by atoms with Crippen molar-refractivity contribution < 1.29 is 54.0 Å². The monoisotopic (exact) mass is 610 g/mol. The lowest BCUT2D eigenvalue weighted by Gasteiger charge is -2.47. The number of rotatable bonds is 9. The highest BCUT2D eigenvalue weighted by molar-refractivity contribution is 5.01. The van der Waals surface area contributed by atoms with E-state index in [1.807, 2.05) is 13.8 Å². The van der Waals surface area contributed by atoms with Gasteiger partial charge in [-0.2, -0.15) is 0 Å². The first-order valence-electron chi connectivity index (χ1n) is 14.4. The summed E-state index contributed by atoms with van der Waals surface area (Å²) in [4.78, 5) is 0. The molecule has 3 heterocycles. The molecule has 0 aromatic rings. The Balaban J connectivity index is 1.49. The average molecular weight is 611 g/mol. The molecule has 17 nitrogen and oxygen atoms in total. The van der Waals surface area contributed by atoms with Crippen LogP contribution in [0.25, 0.3) is 0 Å². The summed E-state index contributed by atoms with van der Waals surface area (Å²) in [6, 6.07) is -3.19. The van der Waals surface area contributed by atoms with Gasteiger partial charge in [0.1, 0.15) is 48.8 Å². The summed E-state index contributed by atoms with van der Waals surface area (Å²) in [6.07, 6.45) is -13.7. The fourth-order valence-electron chi connectivity index (χ4n) is 5.96. The molecule has 4 fully saturated rings. The highest BCUT2D eigenvalue weighted by Crippen LogP contribution is 2.34. The third-order valence-corrected chi connectivity index (χ3v) is 8.63. The van der Waals surface area contributed by atoms with E-state index in [2.05, 4.69) is 0 Å². The van der Waals surface area contributed by atoms with Crippen LogP contribution in [0, 0.1) is 0 Å². The molecule has 0 aromatic heterocycles. The van der Waals surface area contributed by atoms with E-state index in [0.717, 1.165) is 0 Å². The van der Waals surface area contributed by atoms with Gasteiger partial charge >= 0.3 is 0 Å². The lowest BCUT2D eigenvalue weighted by atomic mass is 9.84. The van der Waals surface area contributed by atoms with Gasteiger partial charge in [0.25, 0.3) is 0 Å². The van der Waals surface area contributed by atoms with Crippen molar-refractivity contribution in [1.29, 1.82) is 0 Å². The predicted octanol–water partition coefficient (Wildman–Crippen LogP) is -6.06. The molecule has 246 valence electrons. The predicted molar refractivity (Wildman–Crippen MR) is 145 cm³/mol. The van der Waals surface area contributed by atoms with Crippen LogP contribution < -0.4 is 34.4 Å². The molecule has 17 N–H and O–H groups in total. The summed E-state index contributed by atoms with van der Waals surface area (Å²) in [7, 11) is 0. The minimum Gasteiger partial charge on any atom is -0.394 e. The summed E-state index contributed by atoms with van der Waals surface area (Å²) >= 11 is 0. The zero-order valence-electron chi connectivity index (χ0n) is 24.0. The fourth-order valence-corrected chi connectivity index (χ4v) is 5.96. The molecule has 3 aliphatic heterocycles. The molecule has 0 radical (unpaired) electrons. The van der Waals surface area contributed by atoms with Crippen LogP contribution in [0.3, 0.4) is 0 Å². The Bertz CT molecular complexity index is 873. The van der Waals surface area contributed by atoms with Crippen molar-refractivity contribution in [2.45, 2.75) is 143 Å². The van der Waals surface area contributed by atoms with E-state index in [9.17, 15) is 25.5 Å². The summed E-state index contributed by atoms with van der Waals surface area (Å²) in [5, 5.41) is 52.7. The number of aliphatic hydroxyl groups is 5. The Labute approximate surface area is 244 Å². The Kier molecular flexibility index (Phi) is 11.2. The lowest BCUT2D eigenvalue weighted by molar-refractivity contribution is -0.292. The minimum absolute atomic E-state index is 0.136. The van der Waals surface area contributed by atoms with Crippen LogP contribution in [0.2, 0.25) is 0 Å². The maximum absolute atomic E-state index is 11.2. The summed E-state index contributed by atoms with van der Waals surface area (Å²) in [5.74, 6) is 0. The zero-order chi connectivity index (χ0) is 31.1. The van der Waals surface area contributed by atoms with Crippen LogP contribution in [0.1, 0.15) is 33.1 Å². The smallest absolute Gasteiger partial charge is 0.187 e. The molecule has 0 spiro atoms. The van der Waals surface area contributed by atoms with Crippen molar-refractivity contribution in [2.75, 3.05) is 13.2 Å². The van der Waals surface area contributed by atoms with Gasteiger partial charge < -0.3 is 88.4 Å². The summed E-state index contributed by atoms with van der Waals surface area (Å²) in [5.41, 5.74) is 36.1. The zero-order valence-corrected chi connectivity index (χ0v) is 24.0. The first-order valence-corrected chi connectivity index (χ1v) is 14.4. The van der Waals surface area contributed by atoms with Gasteiger partial charge in [0.15, 0.2) is 18.9 Å². The first kappa shape index (κ1) is 34.2. The molecule has 17 atom stereocenters. The molecule has 0 bridgehead atoms. The second-order valence-electron chi connectivity index (χ2n) is 12.5. The normalized spacial score (nSPS) is 50.6. The van der Waals surface area contributed by atoms with E-state index in [4.69, 9.17) is 62.8 Å². The van der Waals surface area contributed by atoms with E-state index in [1.54, 1.807) is 0 Å². The fraction of sp³-hybridized carbons (Fsp3) is 1.00. The van der Waals surface area contributed by atoms with Crippen molar-refractivity contribution in [1.82, 2.24) is 0 Å². The SMILES string of the molecule is CC(C)(N)[C@@H]1CC[C@@H](N)[C@@H](O[C@H]2[C@H](O[C@@H]3O[C@H](CO)[C@@H](OC4O[C@@H](CN)[C@@H](O)[C@H](O)[C@H]4N)[C@H]3O)[C@@H](O)[C@H](N)C[C@@H]2N)O1. The van der Waals surface area contributed by atoms with Crippen LogP contribution in [0.4, 0.5) is 0 Å². The molecule has 1 saturated carbocycles. The average Bonchev–Trinajstić information content (AvgIpc) is 3.23. The first-order chi connectivity index (χ1) is 19.7. The van der Waals surface area contributed by atoms with Crippen LogP contribution in [-0.4, -0.2) is 148 Å². The Morgan fingerprint density at radius 1 is 0.690 bits per heavy atom. The van der Waals surface area contributed by atoms with Gasteiger partial charge in [-0.25, -0.2) is 0 Å². The Morgan fingerprint density at radius 2 is 1.31 bits per heavy atom. The molecule has 1 aliphatic carbocycles. The van der Waals surface area contributed by atoms with Gasteiger partial charge in [0.05, 0.1) is 30.9 Å². The molecule has 1 unspecified atom stereocenters. The quantitative estimate of drug-likeness (QED) is 0.116. The van der Waals surface area contributed by atoms with Crippen LogP contribution in [0.5, 0.6) is 0 Å². The molecule has 4 rings (SSSR count). The molecule has 0 amide bonds.